The Balaban J connectivity index is -0.000000493. The van der Waals surface area contributed by atoms with Gasteiger partial charge in [0.15, 0.2) is 0 Å². The first-order valence-corrected chi connectivity index (χ1v) is 14.5. The van der Waals surface area contributed by atoms with Gasteiger partial charge in [-0.2, -0.15) is 10.3 Å². The molecule has 0 saturated carbocycles. The van der Waals surface area contributed by atoms with Crippen LogP contribution in [0.4, 0.5) is 0 Å². The van der Waals surface area contributed by atoms with E-state index < -0.39 is 5.97 Å². The van der Waals surface area contributed by atoms with E-state index in [4.69, 9.17) is 25.8 Å². The van der Waals surface area contributed by atoms with Gasteiger partial charge in [-0.05, 0) is 77.2 Å². The van der Waals surface area contributed by atoms with Crippen molar-refractivity contribution in [2.75, 3.05) is 27.2 Å². The molecular formula is C32H41CuN7NiO4S2. The SMILES string of the molecule is CC(=O)[O-].CC(C)O.Cc1cc(C=NCCN(C)C)c([O-])c(CN(Cc2ccccn2)Cc2ccccn2)c1.[Cu+2].[N-]=C=S.[N-]=C=S.[Ni+2]. The van der Waals surface area contributed by atoms with Crippen molar-refractivity contribution in [3.05, 3.63) is 99.8 Å². The van der Waals surface area contributed by atoms with Crippen LogP contribution in [-0.2, 0) is 58.0 Å². The van der Waals surface area contributed by atoms with Crippen molar-refractivity contribution in [1.82, 2.24) is 19.8 Å². The summed E-state index contributed by atoms with van der Waals surface area (Å²) in [5.41, 5.74) is 4.39. The van der Waals surface area contributed by atoms with Gasteiger partial charge in [-0.25, -0.2) is 0 Å². The normalized spacial score (nSPS) is 9.32. The number of nitrogens with zero attached hydrogens (tertiary/aromatic N) is 7. The number of carbonyl (C=O) groups excluding carboxylic acids is 1. The molecule has 261 valence electrons. The molecule has 0 bridgehead atoms. The molecule has 0 aliphatic heterocycles. The summed E-state index contributed by atoms with van der Waals surface area (Å²) in [5.74, 6) is -1.05. The number of isothiocyanates is 2. The Labute approximate surface area is 310 Å². The van der Waals surface area contributed by atoms with Crippen LogP contribution in [0.2, 0.25) is 0 Å². The second-order valence-electron chi connectivity index (χ2n) is 9.74. The maximum absolute atomic E-state index is 13.1. The number of aryl methyl sites for hydroxylation is 1. The van der Waals surface area contributed by atoms with Crippen LogP contribution in [0.25, 0.3) is 10.8 Å². The Kier molecular flexibility index (Phi) is 35.5. The summed E-state index contributed by atoms with van der Waals surface area (Å²) >= 11 is 7.40. The largest absolute Gasteiger partial charge is 2.00 e. The molecule has 1 aromatic carbocycles. The molecule has 3 aromatic rings. The molecule has 47 heavy (non-hydrogen) atoms. The minimum atomic E-state index is -1.08. The summed E-state index contributed by atoms with van der Waals surface area (Å²) in [7, 11) is 4.02. The molecule has 0 aliphatic rings. The number of carbonyl (C=O) groups is 1. The molecule has 11 nitrogen and oxygen atoms in total. The van der Waals surface area contributed by atoms with Crippen LogP contribution >= 0.6 is 24.4 Å². The monoisotopic (exact) mass is 772 g/mol. The molecular weight excluding hydrogens is 733 g/mol. The summed E-state index contributed by atoms with van der Waals surface area (Å²) in [6.07, 6.45) is 5.13. The van der Waals surface area contributed by atoms with Gasteiger partial charge in [-0.15, -0.1) is 0 Å². The van der Waals surface area contributed by atoms with Gasteiger partial charge in [-0.3, -0.25) is 19.9 Å². The predicted molar refractivity (Wildman–Crippen MR) is 183 cm³/mol. The Morgan fingerprint density at radius 2 is 1.45 bits per heavy atom. The number of aromatic nitrogens is 2. The van der Waals surface area contributed by atoms with E-state index in [0.29, 0.717) is 31.7 Å². The van der Waals surface area contributed by atoms with Crippen molar-refractivity contribution < 1.29 is 53.7 Å². The van der Waals surface area contributed by atoms with E-state index in [9.17, 15) is 5.11 Å². The fourth-order valence-electron chi connectivity index (χ4n) is 3.36. The fraction of sp³-hybridized carbons (Fsp3) is 0.375. The van der Waals surface area contributed by atoms with Gasteiger partial charge >= 0.3 is 33.6 Å². The number of benzene rings is 1. The van der Waals surface area contributed by atoms with Crippen LogP contribution < -0.4 is 10.2 Å². The number of aliphatic hydroxyl groups is 1. The van der Waals surface area contributed by atoms with Gasteiger partial charge in [0.05, 0.1) is 17.9 Å². The van der Waals surface area contributed by atoms with Crippen molar-refractivity contribution in [3.8, 4) is 5.75 Å². The number of aliphatic carboxylic acids is 1. The molecule has 1 N–H and O–H groups in total. The van der Waals surface area contributed by atoms with E-state index in [0.717, 1.165) is 36.0 Å². The third kappa shape index (κ3) is 31.3. The van der Waals surface area contributed by atoms with Crippen LogP contribution in [0.15, 0.2) is 65.9 Å². The summed E-state index contributed by atoms with van der Waals surface area (Å²) < 4.78 is 0. The second-order valence-corrected chi connectivity index (χ2v) is 10.1. The van der Waals surface area contributed by atoms with Gasteiger partial charge in [0.25, 0.3) is 0 Å². The first kappa shape index (κ1) is 50.8. The zero-order chi connectivity index (χ0) is 34.6. The maximum atomic E-state index is 13.1. The van der Waals surface area contributed by atoms with Crippen molar-refractivity contribution >= 4 is 46.9 Å². The van der Waals surface area contributed by atoms with E-state index in [1.807, 2.05) is 69.6 Å². The van der Waals surface area contributed by atoms with Crippen molar-refractivity contribution in [1.29, 1.82) is 0 Å². The summed E-state index contributed by atoms with van der Waals surface area (Å²) in [6.45, 7) is 9.74. The quantitative estimate of drug-likeness (QED) is 0.183. The van der Waals surface area contributed by atoms with Crippen LogP contribution in [0.3, 0.4) is 0 Å². The molecule has 0 amide bonds. The number of aliphatic hydroxyl groups excluding tert-OH is 1. The first-order chi connectivity index (χ1) is 21.3. The predicted octanol–water partition coefficient (Wildman–Crippen LogP) is 3.50. The Bertz CT molecular complexity index is 1270. The van der Waals surface area contributed by atoms with Gasteiger partial charge < -0.3 is 35.8 Å². The maximum Gasteiger partial charge on any atom is 2.00 e. The molecule has 0 unspecified atom stereocenters. The molecule has 2 aromatic heterocycles. The molecule has 15 heteroatoms. The Morgan fingerprint density at radius 3 is 1.81 bits per heavy atom. The smallest absolute Gasteiger partial charge is 0.872 e. The molecule has 2 heterocycles. The van der Waals surface area contributed by atoms with Crippen LogP contribution in [-0.4, -0.2) is 80.7 Å². The first-order valence-electron chi connectivity index (χ1n) is 13.7. The molecule has 0 saturated heterocycles. The fourth-order valence-corrected chi connectivity index (χ4v) is 3.36. The second kappa shape index (κ2) is 32.9. The van der Waals surface area contributed by atoms with Crippen LogP contribution in [0.5, 0.6) is 5.75 Å². The Morgan fingerprint density at radius 1 is 1.02 bits per heavy atom. The number of hydrogen-bond acceptors (Lipinski definition) is 11. The summed E-state index contributed by atoms with van der Waals surface area (Å²) in [5, 5.41) is 47.0. The van der Waals surface area contributed by atoms with Crippen molar-refractivity contribution in [2.45, 2.75) is 53.4 Å². The summed E-state index contributed by atoms with van der Waals surface area (Å²) in [6, 6.07) is 15.7. The zero-order valence-electron chi connectivity index (χ0n) is 27.2. The number of carboxylic acid groups (broad SMARTS) is 1. The van der Waals surface area contributed by atoms with Gasteiger partial charge in [0.2, 0.25) is 0 Å². The van der Waals surface area contributed by atoms with Gasteiger partial charge in [0, 0.05) is 56.9 Å². The van der Waals surface area contributed by atoms with Crippen LogP contribution in [0, 0.1) is 6.92 Å². The number of pyridine rings is 2. The van der Waals surface area contributed by atoms with Gasteiger partial charge in [0.1, 0.15) is 0 Å². The Hall–Kier alpha value is -3.05. The third-order valence-corrected chi connectivity index (χ3v) is 4.86. The van der Waals surface area contributed by atoms with E-state index >= 15 is 0 Å². The molecule has 1 radical (unpaired) electrons. The van der Waals surface area contributed by atoms with Gasteiger partial charge in [-0.1, -0.05) is 60.0 Å². The number of carboxylic acids is 1. The summed E-state index contributed by atoms with van der Waals surface area (Å²) in [4.78, 5) is 26.5. The van der Waals surface area contributed by atoms with E-state index in [1.54, 1.807) is 32.5 Å². The van der Waals surface area contributed by atoms with E-state index in [2.05, 4.69) is 49.2 Å². The molecule has 0 aliphatic carbocycles. The van der Waals surface area contributed by atoms with E-state index in [-0.39, 0.29) is 45.4 Å². The molecule has 0 fully saturated rings. The molecule has 0 atom stereocenters. The van der Waals surface area contributed by atoms with E-state index in [1.165, 1.54) is 10.3 Å². The number of likely N-dealkylation sites (N-methyl/N-ethyl adjacent to an activating group) is 1. The average Bonchev–Trinajstić information content (AvgIpc) is 2.95. The topological polar surface area (TPSA) is 173 Å². The number of rotatable bonds is 10. The number of thiocarbonyl (C=S) groups is 2. The van der Waals surface area contributed by atoms with Crippen molar-refractivity contribution in [3.63, 3.8) is 0 Å². The minimum Gasteiger partial charge on any atom is -0.872 e. The van der Waals surface area contributed by atoms with Crippen molar-refractivity contribution in [2.24, 2.45) is 4.99 Å². The standard InChI is InChI=1S/C25H31N5O.C3H8O.C2H4O2.2CNS.Cu.Ni/c1-20-14-21(16-26-12-13-29(2)3)25(31)22(15-20)17-30(18-23-8-4-6-10-27-23)19-24-9-5-7-11-28-24;1-3(2)4;1-2(3)4;2*2-1-3;;/h4-11,14-16,31H,12-13,17-19H2,1-3H3;3-4H,1-2H3;1H3,(H,3,4);;;;/q;;;2*-1;2*+2/p-2. The number of hydrogen-bond donors (Lipinski definition) is 1. The zero-order valence-corrected chi connectivity index (χ0v) is 30.8. The van der Waals surface area contributed by atoms with Crippen LogP contribution in [0.1, 0.15) is 48.8 Å². The molecule has 0 spiro atoms. The third-order valence-electron chi connectivity index (χ3n) is 4.86. The number of aliphatic imine (C=N–C) groups is 1. The minimum absolute atomic E-state index is 0. The average molecular weight is 774 g/mol. The molecule has 3 rings (SSSR count).